The van der Waals surface area contributed by atoms with Crippen molar-refractivity contribution < 1.29 is 28.5 Å². The molecule has 0 unspecified atom stereocenters. The lowest BCUT2D eigenvalue weighted by molar-refractivity contribution is -0.208. The van der Waals surface area contributed by atoms with Crippen LogP contribution in [0.2, 0.25) is 0 Å². The first-order valence-electron chi connectivity index (χ1n) is 16.0. The Bertz CT molecular complexity index is 1350. The highest BCUT2D eigenvalue weighted by Crippen LogP contribution is 2.65. The minimum absolute atomic E-state index is 0.00540. The number of carbonyl (C=O) groups is 2. The van der Waals surface area contributed by atoms with Crippen LogP contribution < -0.4 is 0 Å². The van der Waals surface area contributed by atoms with Gasteiger partial charge in [0.05, 0.1) is 6.61 Å². The van der Waals surface area contributed by atoms with Gasteiger partial charge in [-0.25, -0.2) is 9.59 Å². The maximum absolute atomic E-state index is 13.9. The van der Waals surface area contributed by atoms with E-state index < -0.39 is 18.2 Å². The van der Waals surface area contributed by atoms with E-state index in [0.717, 1.165) is 49.7 Å². The first-order chi connectivity index (χ1) is 21.2. The second-order valence-electron chi connectivity index (χ2n) is 13.5. The number of ether oxygens (including phenoxy) is 4. The van der Waals surface area contributed by atoms with Crippen LogP contribution in [0.25, 0.3) is 0 Å². The second-order valence-corrected chi connectivity index (χ2v) is 13.5. The smallest absolute Gasteiger partial charge is 0.340 e. The van der Waals surface area contributed by atoms with Crippen molar-refractivity contribution >= 4 is 11.9 Å². The number of carbonyl (C=O) groups excluding carboxylic acids is 2. The van der Waals surface area contributed by atoms with E-state index in [9.17, 15) is 9.59 Å². The Labute approximate surface area is 262 Å². The summed E-state index contributed by atoms with van der Waals surface area (Å²) in [7, 11) is 3.08. The molecule has 2 saturated carbocycles. The molecule has 0 spiro atoms. The van der Waals surface area contributed by atoms with E-state index in [0.29, 0.717) is 11.8 Å². The first-order valence-corrected chi connectivity index (χ1v) is 16.0. The number of esters is 2. The van der Waals surface area contributed by atoms with Crippen LogP contribution in [0.15, 0.2) is 84.5 Å². The van der Waals surface area contributed by atoms with Gasteiger partial charge in [0.2, 0.25) is 0 Å². The summed E-state index contributed by atoms with van der Waals surface area (Å²) in [4.78, 5) is 27.3. The first kappa shape index (κ1) is 32.2. The molecule has 0 aromatic heterocycles. The number of allylic oxidation sites excluding steroid dienone is 3. The van der Waals surface area contributed by atoms with Crippen LogP contribution in [0.1, 0.15) is 82.6 Å². The SMILES string of the molecule is C=CC1=C(C)[C@@H]2C[C@@H](OC(=O)[C@@H](OC)c3ccccc3)[C@H]3[C@](C)(COC(=O)[C@@H](OC)c4ccccc4)CCC[C@]3(C)[C@H]2CC1. The molecule has 0 amide bonds. The van der Waals surface area contributed by atoms with E-state index >= 15 is 0 Å². The fourth-order valence-corrected chi connectivity index (χ4v) is 9.09. The van der Waals surface area contributed by atoms with E-state index in [4.69, 9.17) is 18.9 Å². The Morgan fingerprint density at radius 1 is 0.932 bits per heavy atom. The predicted octanol–water partition coefficient (Wildman–Crippen LogP) is 7.96. The molecule has 2 aromatic carbocycles. The predicted molar refractivity (Wildman–Crippen MR) is 171 cm³/mol. The molecule has 3 aliphatic carbocycles. The number of rotatable bonds is 10. The maximum atomic E-state index is 13.9. The zero-order chi connectivity index (χ0) is 31.5. The van der Waals surface area contributed by atoms with Gasteiger partial charge in [0, 0.05) is 25.6 Å². The topological polar surface area (TPSA) is 71.1 Å². The van der Waals surface area contributed by atoms with Crippen LogP contribution in [0, 0.1) is 28.6 Å². The van der Waals surface area contributed by atoms with Crippen molar-refractivity contribution in [1.29, 1.82) is 0 Å². The number of fused-ring (bicyclic) bond motifs is 3. The minimum atomic E-state index is -0.812. The average Bonchev–Trinajstić information content (AvgIpc) is 3.02. The van der Waals surface area contributed by atoms with Gasteiger partial charge in [0.1, 0.15) is 6.10 Å². The van der Waals surface area contributed by atoms with E-state index in [-0.39, 0.29) is 35.4 Å². The molecule has 44 heavy (non-hydrogen) atoms. The van der Waals surface area contributed by atoms with Gasteiger partial charge in [-0.3, -0.25) is 0 Å². The van der Waals surface area contributed by atoms with Crippen molar-refractivity contribution in [3.63, 3.8) is 0 Å². The molecule has 2 aromatic rings. The zero-order valence-corrected chi connectivity index (χ0v) is 26.9. The van der Waals surface area contributed by atoms with Gasteiger partial charge >= 0.3 is 11.9 Å². The average molecular weight is 601 g/mol. The molecule has 0 heterocycles. The second kappa shape index (κ2) is 13.4. The van der Waals surface area contributed by atoms with Crippen LogP contribution in [0.5, 0.6) is 0 Å². The van der Waals surface area contributed by atoms with Crippen molar-refractivity contribution in [1.82, 2.24) is 0 Å². The molecular weight excluding hydrogens is 552 g/mol. The number of benzene rings is 2. The largest absolute Gasteiger partial charge is 0.463 e. The molecule has 3 aliphatic rings. The zero-order valence-electron chi connectivity index (χ0n) is 26.9. The highest BCUT2D eigenvalue weighted by Gasteiger charge is 2.62. The van der Waals surface area contributed by atoms with Crippen molar-refractivity contribution in [2.75, 3.05) is 20.8 Å². The summed E-state index contributed by atoms with van der Waals surface area (Å²) in [6, 6.07) is 19.0. The van der Waals surface area contributed by atoms with E-state index in [1.807, 2.05) is 66.7 Å². The van der Waals surface area contributed by atoms with Crippen LogP contribution in [-0.4, -0.2) is 38.9 Å². The Kier molecular flexibility index (Phi) is 9.81. The minimum Gasteiger partial charge on any atom is -0.463 e. The van der Waals surface area contributed by atoms with Gasteiger partial charge in [-0.2, -0.15) is 0 Å². The molecule has 0 saturated heterocycles. The van der Waals surface area contributed by atoms with Gasteiger partial charge < -0.3 is 18.9 Å². The highest BCUT2D eigenvalue weighted by molar-refractivity contribution is 5.77. The molecular formula is C38H48O6. The number of hydrogen-bond acceptors (Lipinski definition) is 6. The molecule has 0 bridgehead atoms. The number of methoxy groups -OCH3 is 2. The summed E-state index contributed by atoms with van der Waals surface area (Å²) in [6.07, 6.45) is 5.82. The lowest BCUT2D eigenvalue weighted by Gasteiger charge is -2.63. The number of hydrogen-bond donors (Lipinski definition) is 0. The van der Waals surface area contributed by atoms with Crippen LogP contribution in [0.4, 0.5) is 0 Å². The Morgan fingerprint density at radius 2 is 1.52 bits per heavy atom. The molecule has 2 fully saturated rings. The molecule has 6 heteroatoms. The standard InChI is InChI=1S/C38H48O6/c1-7-26-19-20-30-29(25(26)2)23-31(44-36(40)33(42-6)28-17-12-9-13-18-28)34-37(3,21-14-22-38(30,34)4)24-43-35(39)32(41-5)27-15-10-8-11-16-27/h7-13,15-18,29-34H,1,14,19-24H2,2-6H3/t29-,30-,31+,32-,33-,34-,37-,38+/m0/s1. The normalized spacial score (nSPS) is 31.2. The summed E-state index contributed by atoms with van der Waals surface area (Å²) >= 11 is 0. The fraction of sp³-hybridized carbons (Fsp3) is 0.526. The Morgan fingerprint density at radius 3 is 2.09 bits per heavy atom. The molecule has 0 radical (unpaired) electrons. The summed E-state index contributed by atoms with van der Waals surface area (Å²) in [5.41, 5.74) is 3.73. The van der Waals surface area contributed by atoms with Crippen LogP contribution in [0.3, 0.4) is 0 Å². The summed E-state index contributed by atoms with van der Waals surface area (Å²) in [5.74, 6) is -0.0191. The fourth-order valence-electron chi connectivity index (χ4n) is 9.09. The molecule has 8 atom stereocenters. The lowest BCUT2D eigenvalue weighted by atomic mass is 9.43. The van der Waals surface area contributed by atoms with E-state index in [1.165, 1.54) is 18.3 Å². The third kappa shape index (κ3) is 6.03. The van der Waals surface area contributed by atoms with Gasteiger partial charge in [0.15, 0.2) is 12.2 Å². The van der Waals surface area contributed by atoms with Gasteiger partial charge in [-0.05, 0) is 73.0 Å². The third-order valence-corrected chi connectivity index (χ3v) is 11.1. The molecule has 5 rings (SSSR count). The summed E-state index contributed by atoms with van der Waals surface area (Å²) < 4.78 is 24.0. The summed E-state index contributed by atoms with van der Waals surface area (Å²) in [5, 5.41) is 0. The van der Waals surface area contributed by atoms with Crippen LogP contribution >= 0.6 is 0 Å². The van der Waals surface area contributed by atoms with E-state index in [2.05, 4.69) is 27.4 Å². The van der Waals surface area contributed by atoms with Gasteiger partial charge in [0.25, 0.3) is 0 Å². The van der Waals surface area contributed by atoms with Crippen molar-refractivity contribution in [3.05, 3.63) is 95.6 Å². The third-order valence-electron chi connectivity index (χ3n) is 11.1. The van der Waals surface area contributed by atoms with Gasteiger partial charge in [-0.1, -0.05) is 99.2 Å². The molecule has 0 aliphatic heterocycles. The maximum Gasteiger partial charge on any atom is 0.340 e. The van der Waals surface area contributed by atoms with Crippen molar-refractivity contribution in [2.45, 2.75) is 77.6 Å². The molecule has 6 nitrogen and oxygen atoms in total. The molecule has 0 N–H and O–H groups in total. The van der Waals surface area contributed by atoms with Crippen LogP contribution in [-0.2, 0) is 28.5 Å². The Balaban J connectivity index is 1.47. The van der Waals surface area contributed by atoms with Crippen molar-refractivity contribution in [3.8, 4) is 0 Å². The molecule has 236 valence electrons. The quantitative estimate of drug-likeness (QED) is 0.258. The van der Waals surface area contributed by atoms with E-state index in [1.54, 1.807) is 7.11 Å². The van der Waals surface area contributed by atoms with Crippen molar-refractivity contribution in [2.24, 2.45) is 28.6 Å². The highest BCUT2D eigenvalue weighted by atomic mass is 16.6. The monoisotopic (exact) mass is 600 g/mol. The Hall–Kier alpha value is -3.22. The van der Waals surface area contributed by atoms with Gasteiger partial charge in [-0.15, -0.1) is 0 Å². The lowest BCUT2D eigenvalue weighted by Crippen LogP contribution is -2.61. The summed E-state index contributed by atoms with van der Waals surface area (Å²) in [6.45, 7) is 11.2.